The highest BCUT2D eigenvalue weighted by molar-refractivity contribution is 5.89. The van der Waals surface area contributed by atoms with E-state index in [0.29, 0.717) is 13.2 Å². The lowest BCUT2D eigenvalue weighted by Crippen LogP contribution is -1.99. The fourth-order valence-corrected chi connectivity index (χ4v) is 1.97. The molecule has 104 valence electrons. The van der Waals surface area contributed by atoms with Gasteiger partial charge in [0.25, 0.3) is 0 Å². The highest BCUT2D eigenvalue weighted by Gasteiger charge is 2.08. The smallest absolute Gasteiger partial charge is 0.330 e. The first-order valence-electron chi connectivity index (χ1n) is 6.46. The van der Waals surface area contributed by atoms with Gasteiger partial charge in [0.1, 0.15) is 5.52 Å². The van der Waals surface area contributed by atoms with Crippen molar-refractivity contribution < 1.29 is 9.53 Å². The van der Waals surface area contributed by atoms with Crippen molar-refractivity contribution in [2.24, 2.45) is 0 Å². The molecule has 0 aliphatic heterocycles. The molecule has 0 unspecified atom stereocenters. The van der Waals surface area contributed by atoms with E-state index in [-0.39, 0.29) is 5.97 Å². The Morgan fingerprint density at radius 3 is 3.00 bits per heavy atom. The first kappa shape index (κ1) is 14.0. The average Bonchev–Trinajstić information content (AvgIpc) is 2.83. The summed E-state index contributed by atoms with van der Waals surface area (Å²) in [7, 11) is 0. The van der Waals surface area contributed by atoms with Crippen LogP contribution in [0.25, 0.3) is 17.1 Å². The van der Waals surface area contributed by atoms with Crippen LogP contribution in [0.5, 0.6) is 0 Å². The Balaban J connectivity index is 2.35. The molecular weight excluding hydrogens is 254 g/mol. The number of nitrogens with zero attached hydrogens (tertiary/aromatic N) is 3. The second-order valence-electron chi connectivity index (χ2n) is 4.29. The number of hydrogen-bond donors (Lipinski definition) is 0. The lowest BCUT2D eigenvalue weighted by Gasteiger charge is -2.02. The Morgan fingerprint density at radius 1 is 1.50 bits per heavy atom. The first-order valence-corrected chi connectivity index (χ1v) is 6.46. The minimum Gasteiger partial charge on any atom is -0.463 e. The third-order valence-corrected chi connectivity index (χ3v) is 2.97. The van der Waals surface area contributed by atoms with Crippen molar-refractivity contribution in [1.82, 2.24) is 15.0 Å². The van der Waals surface area contributed by atoms with E-state index in [1.54, 1.807) is 23.8 Å². The molecule has 0 fully saturated rings. The zero-order chi connectivity index (χ0) is 14.5. The van der Waals surface area contributed by atoms with Crippen molar-refractivity contribution in [2.45, 2.75) is 20.4 Å². The third-order valence-electron chi connectivity index (χ3n) is 2.97. The summed E-state index contributed by atoms with van der Waals surface area (Å²) in [5.41, 5.74) is 3.70. The van der Waals surface area contributed by atoms with E-state index in [0.717, 1.165) is 22.2 Å². The Hall–Kier alpha value is -2.43. The molecule has 5 heteroatoms. The van der Waals surface area contributed by atoms with Crippen molar-refractivity contribution in [3.8, 4) is 0 Å². The van der Waals surface area contributed by atoms with Crippen molar-refractivity contribution in [1.29, 1.82) is 0 Å². The minimum absolute atomic E-state index is 0.345. The number of esters is 1. The number of allylic oxidation sites excluding steroid dienone is 1. The van der Waals surface area contributed by atoms with E-state index in [1.165, 1.54) is 6.08 Å². The fraction of sp³-hybridized carbons (Fsp3) is 0.267. The number of carbonyl (C=O) groups excluding carboxylic acids is 1. The second-order valence-corrected chi connectivity index (χ2v) is 4.29. The number of ether oxygens (including phenoxy) is 1. The number of hydrogen-bond acceptors (Lipinski definition) is 4. The Morgan fingerprint density at radius 2 is 2.30 bits per heavy atom. The van der Waals surface area contributed by atoms with Gasteiger partial charge in [-0.1, -0.05) is 17.4 Å². The minimum atomic E-state index is -0.345. The first-order chi connectivity index (χ1) is 9.67. The van der Waals surface area contributed by atoms with Gasteiger partial charge in [0, 0.05) is 6.08 Å². The van der Waals surface area contributed by atoms with Crippen LogP contribution in [0.15, 0.2) is 30.9 Å². The number of benzene rings is 1. The molecule has 0 atom stereocenters. The standard InChI is InChI=1S/C15H17N3O2/c1-4-10-18-13-8-6-12(7-9-14(19)20-5-2)11(3)15(13)16-17-18/h4,6-9H,1,5,10H2,2-3H3. The fourth-order valence-electron chi connectivity index (χ4n) is 1.97. The van der Waals surface area contributed by atoms with Gasteiger partial charge < -0.3 is 4.74 Å². The second kappa shape index (κ2) is 6.14. The topological polar surface area (TPSA) is 57.0 Å². The molecule has 0 bridgehead atoms. The summed E-state index contributed by atoms with van der Waals surface area (Å²) in [5.74, 6) is -0.345. The van der Waals surface area contributed by atoms with Crippen LogP contribution in [0.1, 0.15) is 18.1 Å². The molecule has 1 heterocycles. The van der Waals surface area contributed by atoms with Gasteiger partial charge in [0.15, 0.2) is 0 Å². The number of aromatic nitrogens is 3. The predicted octanol–water partition coefficient (Wildman–Crippen LogP) is 2.50. The van der Waals surface area contributed by atoms with Crippen molar-refractivity contribution in [3.05, 3.63) is 42.0 Å². The van der Waals surface area contributed by atoms with Crippen LogP contribution >= 0.6 is 0 Å². The molecule has 0 aliphatic rings. The van der Waals surface area contributed by atoms with Gasteiger partial charge in [-0.3, -0.25) is 0 Å². The summed E-state index contributed by atoms with van der Waals surface area (Å²) in [4.78, 5) is 11.3. The maximum Gasteiger partial charge on any atom is 0.330 e. The van der Waals surface area contributed by atoms with Crippen LogP contribution in [0.4, 0.5) is 0 Å². The number of carbonyl (C=O) groups is 1. The molecule has 0 saturated heterocycles. The molecule has 1 aromatic heterocycles. The zero-order valence-electron chi connectivity index (χ0n) is 11.7. The summed E-state index contributed by atoms with van der Waals surface area (Å²) in [6.45, 7) is 8.43. The van der Waals surface area contributed by atoms with Gasteiger partial charge in [-0.15, -0.1) is 11.7 Å². The Bertz CT molecular complexity index is 671. The van der Waals surface area contributed by atoms with Gasteiger partial charge in [-0.2, -0.15) is 0 Å². The van der Waals surface area contributed by atoms with Crippen LogP contribution in [0.3, 0.4) is 0 Å². The molecule has 5 nitrogen and oxygen atoms in total. The van der Waals surface area contributed by atoms with Crippen molar-refractivity contribution in [2.75, 3.05) is 6.61 Å². The molecular formula is C15H17N3O2. The van der Waals surface area contributed by atoms with Gasteiger partial charge in [-0.05, 0) is 37.1 Å². The van der Waals surface area contributed by atoms with Crippen molar-refractivity contribution >= 4 is 23.1 Å². The predicted molar refractivity (Wildman–Crippen MR) is 78.1 cm³/mol. The SMILES string of the molecule is C=CCn1nnc2c(C)c(C=CC(=O)OCC)ccc21. The van der Waals surface area contributed by atoms with Crippen LogP contribution in [-0.4, -0.2) is 27.6 Å². The maximum atomic E-state index is 11.3. The summed E-state index contributed by atoms with van der Waals surface area (Å²) < 4.78 is 6.64. The largest absolute Gasteiger partial charge is 0.463 e. The molecule has 0 N–H and O–H groups in total. The quantitative estimate of drug-likeness (QED) is 0.476. The molecule has 1 aromatic carbocycles. The van der Waals surface area contributed by atoms with E-state index >= 15 is 0 Å². The lowest BCUT2D eigenvalue weighted by molar-refractivity contribution is -0.137. The zero-order valence-corrected chi connectivity index (χ0v) is 11.7. The Labute approximate surface area is 117 Å². The number of fused-ring (bicyclic) bond motifs is 1. The summed E-state index contributed by atoms with van der Waals surface area (Å²) >= 11 is 0. The van der Waals surface area contributed by atoms with Gasteiger partial charge in [0.2, 0.25) is 0 Å². The lowest BCUT2D eigenvalue weighted by atomic mass is 10.1. The molecule has 2 rings (SSSR count). The monoisotopic (exact) mass is 271 g/mol. The van der Waals surface area contributed by atoms with E-state index < -0.39 is 0 Å². The van der Waals surface area contributed by atoms with Crippen LogP contribution in [-0.2, 0) is 16.1 Å². The van der Waals surface area contributed by atoms with Gasteiger partial charge >= 0.3 is 5.97 Å². The van der Waals surface area contributed by atoms with E-state index in [1.807, 2.05) is 19.1 Å². The van der Waals surface area contributed by atoms with Crippen molar-refractivity contribution in [3.63, 3.8) is 0 Å². The van der Waals surface area contributed by atoms with Crippen LogP contribution in [0.2, 0.25) is 0 Å². The summed E-state index contributed by atoms with van der Waals surface area (Å²) in [6, 6.07) is 3.88. The molecule has 0 spiro atoms. The Kier molecular flexibility index (Phi) is 4.30. The third kappa shape index (κ3) is 2.77. The molecule has 20 heavy (non-hydrogen) atoms. The normalized spacial score (nSPS) is 11.1. The molecule has 2 aromatic rings. The molecule has 0 saturated carbocycles. The highest BCUT2D eigenvalue weighted by atomic mass is 16.5. The van der Waals surface area contributed by atoms with E-state index in [9.17, 15) is 4.79 Å². The van der Waals surface area contributed by atoms with Crippen LogP contribution in [0, 0.1) is 6.92 Å². The molecule has 0 amide bonds. The molecule has 0 radical (unpaired) electrons. The van der Waals surface area contributed by atoms with Crippen LogP contribution < -0.4 is 0 Å². The number of rotatable bonds is 5. The maximum absolute atomic E-state index is 11.3. The van der Waals surface area contributed by atoms with E-state index in [4.69, 9.17) is 4.74 Å². The summed E-state index contributed by atoms with van der Waals surface area (Å²) in [6.07, 6.45) is 4.93. The van der Waals surface area contributed by atoms with Gasteiger partial charge in [0.05, 0.1) is 18.7 Å². The van der Waals surface area contributed by atoms with Gasteiger partial charge in [-0.25, -0.2) is 9.48 Å². The summed E-state index contributed by atoms with van der Waals surface area (Å²) in [5, 5.41) is 8.27. The number of aryl methyl sites for hydroxylation is 1. The molecule has 0 aliphatic carbocycles. The average molecular weight is 271 g/mol. The highest BCUT2D eigenvalue weighted by Crippen LogP contribution is 2.20. The van der Waals surface area contributed by atoms with E-state index in [2.05, 4.69) is 16.9 Å².